The Morgan fingerprint density at radius 2 is 1.81 bits per heavy atom. The van der Waals surface area contributed by atoms with Crippen molar-refractivity contribution in [3.05, 3.63) is 54.1 Å². The van der Waals surface area contributed by atoms with Crippen LogP contribution < -0.4 is 5.73 Å². The fourth-order valence-electron chi connectivity index (χ4n) is 2.22. The summed E-state index contributed by atoms with van der Waals surface area (Å²) >= 11 is 0. The highest BCUT2D eigenvalue weighted by molar-refractivity contribution is 5.68. The second-order valence-electron chi connectivity index (χ2n) is 5.11. The number of aliphatic hydroxyl groups excluding tert-OH is 1. The van der Waals surface area contributed by atoms with Gasteiger partial charge >= 0.3 is 5.97 Å². The Labute approximate surface area is 123 Å². The number of benzene rings is 2. The number of rotatable bonds is 6. The number of carboxylic acid groups (broad SMARTS) is 1. The fraction of sp³-hybridized carbons (Fsp3) is 0.235. The van der Waals surface area contributed by atoms with Gasteiger partial charge in [0.05, 0.1) is 12.5 Å². The summed E-state index contributed by atoms with van der Waals surface area (Å²) < 4.78 is 0. The average Bonchev–Trinajstić information content (AvgIpc) is 2.45. The Morgan fingerprint density at radius 3 is 2.43 bits per heavy atom. The maximum Gasteiger partial charge on any atom is 0.305 e. The van der Waals surface area contributed by atoms with Crippen molar-refractivity contribution in [3.8, 4) is 11.1 Å². The van der Waals surface area contributed by atoms with E-state index < -0.39 is 12.1 Å². The summed E-state index contributed by atoms with van der Waals surface area (Å²) in [4.78, 5) is 10.5. The molecule has 1 unspecified atom stereocenters. The summed E-state index contributed by atoms with van der Waals surface area (Å²) in [6.07, 6.45) is 0.104. The number of carbonyl (C=O) groups is 1. The number of aliphatic carboxylic acids is 1. The molecule has 0 saturated heterocycles. The number of carboxylic acids is 1. The van der Waals surface area contributed by atoms with Crippen LogP contribution in [0.25, 0.3) is 11.1 Å². The van der Waals surface area contributed by atoms with Crippen LogP contribution in [-0.4, -0.2) is 22.3 Å². The maximum atomic E-state index is 10.5. The molecule has 4 heteroatoms. The van der Waals surface area contributed by atoms with Crippen molar-refractivity contribution in [1.29, 1.82) is 0 Å². The molecule has 1 atom stereocenters. The first-order chi connectivity index (χ1) is 10.0. The second kappa shape index (κ2) is 6.90. The van der Waals surface area contributed by atoms with Crippen molar-refractivity contribution in [1.82, 2.24) is 0 Å². The molecule has 0 aliphatic heterocycles. The molecule has 2 aromatic rings. The topological polar surface area (TPSA) is 83.5 Å². The first-order valence-corrected chi connectivity index (χ1v) is 6.89. The number of anilines is 1. The van der Waals surface area contributed by atoms with Crippen LogP contribution in [0.15, 0.2) is 48.5 Å². The zero-order valence-corrected chi connectivity index (χ0v) is 11.7. The first kappa shape index (κ1) is 15.1. The Morgan fingerprint density at radius 1 is 1.10 bits per heavy atom. The molecule has 0 radical (unpaired) electrons. The summed E-state index contributed by atoms with van der Waals surface area (Å²) in [6.45, 7) is 0. The predicted octanol–water partition coefficient (Wildman–Crippen LogP) is 2.70. The third-order valence-corrected chi connectivity index (χ3v) is 3.35. The van der Waals surface area contributed by atoms with Gasteiger partial charge in [-0.3, -0.25) is 4.79 Å². The van der Waals surface area contributed by atoms with E-state index in [0.29, 0.717) is 12.8 Å². The van der Waals surface area contributed by atoms with Crippen LogP contribution in [0.1, 0.15) is 18.4 Å². The normalized spacial score (nSPS) is 12.0. The van der Waals surface area contributed by atoms with Crippen LogP contribution in [0.4, 0.5) is 5.69 Å². The lowest BCUT2D eigenvalue weighted by Crippen LogP contribution is -2.13. The van der Waals surface area contributed by atoms with Gasteiger partial charge in [0.2, 0.25) is 0 Å². The van der Waals surface area contributed by atoms with Crippen LogP contribution in [-0.2, 0) is 11.2 Å². The third-order valence-electron chi connectivity index (χ3n) is 3.35. The quantitative estimate of drug-likeness (QED) is 0.712. The minimum absolute atomic E-state index is 0.207. The van der Waals surface area contributed by atoms with Gasteiger partial charge in [0.15, 0.2) is 0 Å². The molecule has 0 amide bonds. The maximum absolute atomic E-state index is 10.5. The number of nitrogens with two attached hydrogens (primary N) is 1. The highest BCUT2D eigenvalue weighted by Crippen LogP contribution is 2.22. The van der Waals surface area contributed by atoms with Crippen LogP contribution in [0.3, 0.4) is 0 Å². The Hall–Kier alpha value is -2.33. The standard InChI is InChI=1S/C17H19NO3/c18-15-3-1-2-14(10-15)13-7-4-12(5-8-13)6-9-16(19)11-17(20)21/h1-5,7-8,10,16,19H,6,9,11,18H2,(H,20,21). The van der Waals surface area contributed by atoms with E-state index in [9.17, 15) is 9.90 Å². The zero-order chi connectivity index (χ0) is 15.2. The van der Waals surface area contributed by atoms with E-state index in [2.05, 4.69) is 0 Å². The number of nitrogen functional groups attached to an aromatic ring is 1. The van der Waals surface area contributed by atoms with E-state index in [1.165, 1.54) is 0 Å². The summed E-state index contributed by atoms with van der Waals surface area (Å²) in [7, 11) is 0. The van der Waals surface area contributed by atoms with Gasteiger partial charge in [-0.25, -0.2) is 0 Å². The van der Waals surface area contributed by atoms with Crippen molar-refractivity contribution in [2.45, 2.75) is 25.4 Å². The van der Waals surface area contributed by atoms with E-state index >= 15 is 0 Å². The van der Waals surface area contributed by atoms with E-state index in [4.69, 9.17) is 10.8 Å². The Bertz CT molecular complexity index is 608. The number of hydrogen-bond donors (Lipinski definition) is 3. The van der Waals surface area contributed by atoms with E-state index in [-0.39, 0.29) is 6.42 Å². The molecule has 0 heterocycles. The van der Waals surface area contributed by atoms with Crippen molar-refractivity contribution in [2.24, 2.45) is 0 Å². The van der Waals surface area contributed by atoms with Crippen molar-refractivity contribution in [3.63, 3.8) is 0 Å². The molecule has 0 spiro atoms. The molecule has 4 nitrogen and oxygen atoms in total. The lowest BCUT2D eigenvalue weighted by Gasteiger charge is -2.08. The molecule has 21 heavy (non-hydrogen) atoms. The average molecular weight is 285 g/mol. The molecule has 0 aliphatic rings. The molecule has 0 aromatic heterocycles. The van der Waals surface area contributed by atoms with Crippen molar-refractivity contribution >= 4 is 11.7 Å². The van der Waals surface area contributed by atoms with Gasteiger partial charge < -0.3 is 15.9 Å². The SMILES string of the molecule is Nc1cccc(-c2ccc(CCC(O)CC(=O)O)cc2)c1. The minimum atomic E-state index is -0.973. The minimum Gasteiger partial charge on any atom is -0.481 e. The fourth-order valence-corrected chi connectivity index (χ4v) is 2.22. The number of hydrogen-bond acceptors (Lipinski definition) is 3. The molecule has 2 aromatic carbocycles. The van der Waals surface area contributed by atoms with Crippen LogP contribution in [0.5, 0.6) is 0 Å². The highest BCUT2D eigenvalue weighted by Gasteiger charge is 2.09. The first-order valence-electron chi connectivity index (χ1n) is 6.89. The summed E-state index contributed by atoms with van der Waals surface area (Å²) in [5.74, 6) is -0.973. The molecule has 0 bridgehead atoms. The molecule has 0 saturated carbocycles. The van der Waals surface area contributed by atoms with Gasteiger partial charge in [0.1, 0.15) is 0 Å². The Balaban J connectivity index is 1.97. The monoisotopic (exact) mass is 285 g/mol. The lowest BCUT2D eigenvalue weighted by molar-refractivity contribution is -0.139. The third kappa shape index (κ3) is 4.61. The second-order valence-corrected chi connectivity index (χ2v) is 5.11. The van der Waals surface area contributed by atoms with E-state index in [0.717, 1.165) is 22.4 Å². The van der Waals surface area contributed by atoms with E-state index in [1.807, 2.05) is 48.5 Å². The van der Waals surface area contributed by atoms with Crippen LogP contribution in [0, 0.1) is 0 Å². The summed E-state index contributed by atoms with van der Waals surface area (Å²) in [6, 6.07) is 15.7. The van der Waals surface area contributed by atoms with Gasteiger partial charge in [0, 0.05) is 5.69 Å². The largest absolute Gasteiger partial charge is 0.481 e. The number of aliphatic hydroxyl groups is 1. The van der Waals surface area contributed by atoms with Gasteiger partial charge in [-0.05, 0) is 41.7 Å². The summed E-state index contributed by atoms with van der Waals surface area (Å²) in [5, 5.41) is 18.1. The molecular formula is C17H19NO3. The van der Waals surface area contributed by atoms with Crippen LogP contribution in [0.2, 0.25) is 0 Å². The van der Waals surface area contributed by atoms with Crippen molar-refractivity contribution < 1.29 is 15.0 Å². The van der Waals surface area contributed by atoms with Gasteiger partial charge in [-0.1, -0.05) is 36.4 Å². The molecular weight excluding hydrogens is 266 g/mol. The van der Waals surface area contributed by atoms with Crippen LogP contribution >= 0.6 is 0 Å². The van der Waals surface area contributed by atoms with Gasteiger partial charge in [-0.2, -0.15) is 0 Å². The number of aryl methyl sites for hydroxylation is 1. The Kier molecular flexibility index (Phi) is 4.95. The smallest absolute Gasteiger partial charge is 0.305 e. The molecule has 4 N–H and O–H groups in total. The van der Waals surface area contributed by atoms with Gasteiger partial charge in [-0.15, -0.1) is 0 Å². The zero-order valence-electron chi connectivity index (χ0n) is 11.7. The van der Waals surface area contributed by atoms with Gasteiger partial charge in [0.25, 0.3) is 0 Å². The summed E-state index contributed by atoms with van der Waals surface area (Å²) in [5.41, 5.74) is 9.72. The molecule has 0 fully saturated rings. The van der Waals surface area contributed by atoms with E-state index in [1.54, 1.807) is 0 Å². The predicted molar refractivity (Wildman–Crippen MR) is 82.9 cm³/mol. The highest BCUT2D eigenvalue weighted by atomic mass is 16.4. The molecule has 0 aliphatic carbocycles. The molecule has 110 valence electrons. The van der Waals surface area contributed by atoms with Crippen molar-refractivity contribution in [2.75, 3.05) is 5.73 Å². The lowest BCUT2D eigenvalue weighted by atomic mass is 10.0. The molecule has 2 rings (SSSR count).